The van der Waals surface area contributed by atoms with Crippen LogP contribution in [-0.4, -0.2) is 0 Å². The maximum atomic E-state index is 4.18. The lowest BCUT2D eigenvalue weighted by molar-refractivity contribution is 0.437. The smallest absolute Gasteiger partial charge is 0.0227 e. The molecule has 0 aliphatic heterocycles. The molecule has 56 heavy (non-hydrogen) atoms. The molecule has 1 aromatic rings. The van der Waals surface area contributed by atoms with E-state index < -0.39 is 0 Å². The van der Waals surface area contributed by atoms with Crippen molar-refractivity contribution in [2.75, 3.05) is 0 Å². The first-order valence-corrected chi connectivity index (χ1v) is 23.0. The molecule has 0 N–H and O–H groups in total. The van der Waals surface area contributed by atoms with Crippen molar-refractivity contribution in [2.24, 2.45) is 23.7 Å². The molecule has 0 bridgehead atoms. The molecule has 0 radical (unpaired) electrons. The molecule has 0 amide bonds. The second-order valence-corrected chi connectivity index (χ2v) is 15.5. The molecule has 0 spiro atoms. The zero-order valence-corrected chi connectivity index (χ0v) is 41.4. The fourth-order valence-corrected chi connectivity index (χ4v) is 5.53. The van der Waals surface area contributed by atoms with E-state index in [1.165, 1.54) is 91.2 Å². The Morgan fingerprint density at radius 1 is 0.643 bits per heavy atom. The van der Waals surface area contributed by atoms with Crippen molar-refractivity contribution in [3.8, 4) is 0 Å². The summed E-state index contributed by atoms with van der Waals surface area (Å²) in [6.07, 6.45) is 33.5. The Bertz CT molecular complexity index is 1310. The van der Waals surface area contributed by atoms with Crippen LogP contribution in [0.1, 0.15) is 187 Å². The van der Waals surface area contributed by atoms with Gasteiger partial charge >= 0.3 is 0 Å². The van der Waals surface area contributed by atoms with E-state index >= 15 is 0 Å². The molecule has 0 fully saturated rings. The highest BCUT2D eigenvalue weighted by Gasteiger charge is 2.05. The first kappa shape index (κ1) is 59.9. The Morgan fingerprint density at radius 2 is 1.18 bits per heavy atom. The molecular formula is C55H94S. The number of hydrogen-bond acceptors (Lipinski definition) is 1. The SMILES string of the molecule is C=C(\C=C/C(C)=C\C=C(/C)c1ccc(CCC(C)CCCC(C)C)cc1)/C(C)=C\S.CC.CC.CC.C\C=C/C(=C\C=CCC(C)CCCC(C)C)C(/C)=C/C. The van der Waals surface area contributed by atoms with Gasteiger partial charge in [-0.2, -0.15) is 12.6 Å². The van der Waals surface area contributed by atoms with E-state index in [-0.39, 0.29) is 0 Å². The largest absolute Gasteiger partial charge is 0.151 e. The normalized spacial score (nSPS) is 13.8. The highest BCUT2D eigenvalue weighted by Crippen LogP contribution is 2.21. The molecule has 0 saturated carbocycles. The minimum Gasteiger partial charge on any atom is -0.151 e. The molecule has 0 saturated heterocycles. The van der Waals surface area contributed by atoms with Crippen molar-refractivity contribution in [3.05, 3.63) is 136 Å². The quantitative estimate of drug-likeness (QED) is 0.0931. The van der Waals surface area contributed by atoms with E-state index in [4.69, 9.17) is 0 Å². The van der Waals surface area contributed by atoms with Crippen molar-refractivity contribution >= 4 is 18.2 Å². The molecule has 0 aliphatic carbocycles. The van der Waals surface area contributed by atoms with Gasteiger partial charge in [0, 0.05) is 0 Å². The number of aryl methyl sites for hydroxylation is 1. The van der Waals surface area contributed by atoms with Crippen molar-refractivity contribution in [1.29, 1.82) is 0 Å². The van der Waals surface area contributed by atoms with Crippen molar-refractivity contribution in [1.82, 2.24) is 0 Å². The third kappa shape index (κ3) is 35.6. The van der Waals surface area contributed by atoms with Crippen LogP contribution in [0, 0.1) is 23.7 Å². The summed E-state index contributed by atoms with van der Waals surface area (Å²) in [5, 5.41) is 1.78. The summed E-state index contributed by atoms with van der Waals surface area (Å²) in [4.78, 5) is 0. The van der Waals surface area contributed by atoms with Gasteiger partial charge in [-0.25, -0.2) is 0 Å². The van der Waals surface area contributed by atoms with Crippen molar-refractivity contribution < 1.29 is 0 Å². The van der Waals surface area contributed by atoms with Crippen molar-refractivity contribution in [3.63, 3.8) is 0 Å². The van der Waals surface area contributed by atoms with E-state index in [0.717, 1.165) is 34.8 Å². The summed E-state index contributed by atoms with van der Waals surface area (Å²) >= 11 is 4.18. The molecule has 1 heteroatoms. The van der Waals surface area contributed by atoms with Crippen LogP contribution in [0.15, 0.2) is 125 Å². The van der Waals surface area contributed by atoms with Gasteiger partial charge < -0.3 is 0 Å². The molecule has 320 valence electrons. The zero-order chi connectivity index (χ0) is 43.9. The monoisotopic (exact) mass is 787 g/mol. The van der Waals surface area contributed by atoms with Crippen LogP contribution in [0.4, 0.5) is 0 Å². The Labute approximate surface area is 358 Å². The lowest BCUT2D eigenvalue weighted by Gasteiger charge is -2.12. The van der Waals surface area contributed by atoms with Gasteiger partial charge in [0.05, 0.1) is 0 Å². The molecular weight excluding hydrogens is 693 g/mol. The van der Waals surface area contributed by atoms with Gasteiger partial charge in [-0.3, -0.25) is 0 Å². The summed E-state index contributed by atoms with van der Waals surface area (Å²) in [6, 6.07) is 9.10. The van der Waals surface area contributed by atoms with E-state index in [2.05, 4.69) is 174 Å². The standard InChI is InChI=1S/C29H42S.C20H34.3C2H6/c1-22(2)9-8-10-23(3)13-16-28-17-19-29(20-18-28)26(6)15-12-24(4)11-14-25(5)27(7)21-30;1-7-12-20(19(6)8-2)16-10-9-14-18(5)15-11-13-17(3)4;3*1-2/h11-12,14-15,17-23,30H,5,8-10,13,16H2,1-4,6-7H3;7-10,12,16-18H,11,13-15H2,1-6H3;3*1-2H3/b14-11-,24-12-,26-15+,27-21-;10-9?,12-7-,19-8+,20-16+;;;. The second-order valence-electron chi connectivity index (χ2n) is 15.3. The molecule has 1 rings (SSSR count). The van der Waals surface area contributed by atoms with Crippen LogP contribution in [0.3, 0.4) is 0 Å². The van der Waals surface area contributed by atoms with Gasteiger partial charge in [0.2, 0.25) is 0 Å². The highest BCUT2D eigenvalue weighted by molar-refractivity contribution is 7.83. The minimum absolute atomic E-state index is 0.798. The van der Waals surface area contributed by atoms with Crippen molar-refractivity contribution in [2.45, 2.75) is 182 Å². The summed E-state index contributed by atoms with van der Waals surface area (Å²) in [5.74, 6) is 3.28. The van der Waals surface area contributed by atoms with Gasteiger partial charge in [-0.15, -0.1) is 0 Å². The molecule has 0 nitrogen and oxygen atoms in total. The molecule has 2 unspecified atom stereocenters. The summed E-state index contributed by atoms with van der Waals surface area (Å²) in [7, 11) is 0. The van der Waals surface area contributed by atoms with Crippen LogP contribution in [0.25, 0.3) is 5.57 Å². The number of rotatable bonds is 21. The highest BCUT2D eigenvalue weighted by atomic mass is 32.1. The number of hydrogen-bond donors (Lipinski definition) is 1. The molecule has 0 aromatic heterocycles. The van der Waals surface area contributed by atoms with Crippen LogP contribution in [0.2, 0.25) is 0 Å². The second kappa shape index (κ2) is 41.9. The average molecular weight is 787 g/mol. The molecule has 0 heterocycles. The average Bonchev–Trinajstić information content (AvgIpc) is 3.21. The minimum atomic E-state index is 0.798. The summed E-state index contributed by atoms with van der Waals surface area (Å²) < 4.78 is 0. The Balaban J connectivity index is -0.000000452. The summed E-state index contributed by atoms with van der Waals surface area (Å²) in [6.45, 7) is 42.7. The zero-order valence-electron chi connectivity index (χ0n) is 40.5. The summed E-state index contributed by atoms with van der Waals surface area (Å²) in [5.41, 5.74) is 9.92. The molecule has 2 atom stereocenters. The topological polar surface area (TPSA) is 0 Å². The van der Waals surface area contributed by atoms with Gasteiger partial charge in [-0.05, 0) is 129 Å². The molecule has 0 aliphatic rings. The van der Waals surface area contributed by atoms with E-state index in [0.29, 0.717) is 0 Å². The Morgan fingerprint density at radius 3 is 1.66 bits per heavy atom. The van der Waals surface area contributed by atoms with Crippen LogP contribution < -0.4 is 0 Å². The Kier molecular flexibility index (Phi) is 44.8. The predicted molar refractivity (Wildman–Crippen MR) is 269 cm³/mol. The maximum Gasteiger partial charge on any atom is -0.0227 e. The molecule has 1 aromatic carbocycles. The lowest BCUT2D eigenvalue weighted by atomic mass is 9.94. The van der Waals surface area contributed by atoms with E-state index in [1.54, 1.807) is 5.41 Å². The van der Waals surface area contributed by atoms with Crippen LogP contribution >= 0.6 is 12.6 Å². The number of thiol groups is 1. The third-order valence-electron chi connectivity index (χ3n) is 9.32. The first-order valence-electron chi connectivity index (χ1n) is 22.5. The van der Waals surface area contributed by atoms with Gasteiger partial charge in [0.15, 0.2) is 0 Å². The van der Waals surface area contributed by atoms with Gasteiger partial charge in [-0.1, -0.05) is 219 Å². The lowest BCUT2D eigenvalue weighted by Crippen LogP contribution is -1.99. The van der Waals surface area contributed by atoms with Crippen LogP contribution in [-0.2, 0) is 6.42 Å². The van der Waals surface area contributed by atoms with E-state index in [1.807, 2.05) is 54.5 Å². The Hall–Kier alpha value is -2.77. The number of allylic oxidation sites excluding steroid dienone is 16. The van der Waals surface area contributed by atoms with E-state index in [9.17, 15) is 0 Å². The predicted octanol–water partition coefficient (Wildman–Crippen LogP) is 19.3. The maximum absolute atomic E-state index is 4.18. The number of benzene rings is 1. The fraction of sp³-hybridized carbons (Fsp3) is 0.564. The first-order chi connectivity index (χ1) is 26.7. The van der Waals surface area contributed by atoms with Gasteiger partial charge in [0.25, 0.3) is 0 Å². The van der Waals surface area contributed by atoms with Gasteiger partial charge in [0.1, 0.15) is 0 Å². The van der Waals surface area contributed by atoms with Crippen LogP contribution in [0.5, 0.6) is 0 Å². The third-order valence-corrected chi connectivity index (χ3v) is 9.71. The fourth-order valence-electron chi connectivity index (χ4n) is 5.36.